The predicted octanol–water partition coefficient (Wildman–Crippen LogP) is 2.09. The van der Waals surface area contributed by atoms with Crippen LogP contribution in [0.4, 0.5) is 5.69 Å². The summed E-state index contributed by atoms with van der Waals surface area (Å²) in [6, 6.07) is 5.16. The summed E-state index contributed by atoms with van der Waals surface area (Å²) in [5.74, 6) is -0.0794. The molecule has 1 aliphatic heterocycles. The third-order valence-electron chi connectivity index (χ3n) is 3.86. The first kappa shape index (κ1) is 14.2. The van der Waals surface area contributed by atoms with E-state index in [0.717, 1.165) is 6.54 Å². The zero-order chi connectivity index (χ0) is 14.2. The molecule has 1 fully saturated rings. The molecule has 1 heterocycles. The summed E-state index contributed by atoms with van der Waals surface area (Å²) in [5, 5.41) is 0.418. The quantitative estimate of drug-likeness (QED) is 0.802. The standard InChI is InChI=1S/C14H20ClN3O/c1-14(2)9-18(8-7-17(14)3)13(19)12-10(15)5-4-6-11(12)16/h4-6H,7-9,16H2,1-3H3. The minimum absolute atomic E-state index is 0.0378. The van der Waals surface area contributed by atoms with Crippen LogP contribution in [0.15, 0.2) is 18.2 Å². The maximum absolute atomic E-state index is 12.6. The van der Waals surface area contributed by atoms with E-state index in [0.29, 0.717) is 29.4 Å². The topological polar surface area (TPSA) is 49.6 Å². The van der Waals surface area contributed by atoms with E-state index in [2.05, 4.69) is 25.8 Å². The highest BCUT2D eigenvalue weighted by atomic mass is 35.5. The van der Waals surface area contributed by atoms with Crippen molar-refractivity contribution in [3.63, 3.8) is 0 Å². The van der Waals surface area contributed by atoms with E-state index in [1.165, 1.54) is 0 Å². The summed E-state index contributed by atoms with van der Waals surface area (Å²) in [7, 11) is 2.08. The number of benzene rings is 1. The molecule has 1 aromatic rings. The van der Waals surface area contributed by atoms with Crippen molar-refractivity contribution >= 4 is 23.2 Å². The molecule has 0 radical (unpaired) electrons. The zero-order valence-electron chi connectivity index (χ0n) is 11.6. The molecule has 1 amide bonds. The molecule has 2 N–H and O–H groups in total. The van der Waals surface area contributed by atoms with Gasteiger partial charge in [-0.25, -0.2) is 0 Å². The van der Waals surface area contributed by atoms with Gasteiger partial charge < -0.3 is 10.6 Å². The Labute approximate surface area is 119 Å². The monoisotopic (exact) mass is 281 g/mol. The van der Waals surface area contributed by atoms with Gasteiger partial charge in [-0.15, -0.1) is 0 Å². The lowest BCUT2D eigenvalue weighted by Crippen LogP contribution is -2.58. The Bertz CT molecular complexity index is 481. The molecule has 5 heteroatoms. The van der Waals surface area contributed by atoms with Gasteiger partial charge in [-0.2, -0.15) is 0 Å². The van der Waals surface area contributed by atoms with E-state index in [1.807, 2.05) is 4.90 Å². The molecule has 19 heavy (non-hydrogen) atoms. The third kappa shape index (κ3) is 2.69. The molecule has 0 bridgehead atoms. The van der Waals surface area contributed by atoms with Crippen LogP contribution in [0.2, 0.25) is 5.02 Å². The first-order valence-electron chi connectivity index (χ1n) is 6.37. The second-order valence-corrected chi connectivity index (χ2v) is 6.07. The Kier molecular flexibility index (Phi) is 3.74. The molecular weight excluding hydrogens is 262 g/mol. The van der Waals surface area contributed by atoms with Gasteiger partial charge in [0.15, 0.2) is 0 Å². The molecule has 1 aromatic carbocycles. The van der Waals surface area contributed by atoms with E-state index in [-0.39, 0.29) is 11.4 Å². The summed E-state index contributed by atoms with van der Waals surface area (Å²) < 4.78 is 0. The van der Waals surface area contributed by atoms with Crippen LogP contribution in [0.25, 0.3) is 0 Å². The number of nitrogen functional groups attached to an aromatic ring is 1. The van der Waals surface area contributed by atoms with E-state index >= 15 is 0 Å². The first-order chi connectivity index (χ1) is 8.83. The number of hydrogen-bond donors (Lipinski definition) is 1. The van der Waals surface area contributed by atoms with E-state index in [9.17, 15) is 4.79 Å². The Hall–Kier alpha value is -1.26. The van der Waals surface area contributed by atoms with Crippen LogP contribution in [-0.2, 0) is 0 Å². The van der Waals surface area contributed by atoms with Crippen molar-refractivity contribution in [2.75, 3.05) is 32.4 Å². The molecule has 104 valence electrons. The number of carbonyl (C=O) groups is 1. The van der Waals surface area contributed by atoms with Crippen LogP contribution in [0.3, 0.4) is 0 Å². The van der Waals surface area contributed by atoms with E-state index in [1.54, 1.807) is 18.2 Å². The van der Waals surface area contributed by atoms with Gasteiger partial charge in [0.2, 0.25) is 0 Å². The minimum atomic E-state index is -0.0794. The first-order valence-corrected chi connectivity index (χ1v) is 6.75. The average Bonchev–Trinajstić information content (AvgIpc) is 2.32. The average molecular weight is 282 g/mol. The highest BCUT2D eigenvalue weighted by Gasteiger charge is 2.34. The summed E-state index contributed by atoms with van der Waals surface area (Å²) in [6.07, 6.45) is 0. The lowest BCUT2D eigenvalue weighted by molar-refractivity contribution is 0.0312. The van der Waals surface area contributed by atoms with Gasteiger partial charge in [0.05, 0.1) is 10.6 Å². The zero-order valence-corrected chi connectivity index (χ0v) is 12.4. The van der Waals surface area contributed by atoms with Crippen molar-refractivity contribution in [2.45, 2.75) is 19.4 Å². The second-order valence-electron chi connectivity index (χ2n) is 5.66. The molecule has 1 aliphatic rings. The Balaban J connectivity index is 2.26. The van der Waals surface area contributed by atoms with Crippen molar-refractivity contribution in [1.29, 1.82) is 0 Å². The number of nitrogens with zero attached hydrogens (tertiary/aromatic N) is 2. The number of hydrogen-bond acceptors (Lipinski definition) is 3. The number of rotatable bonds is 1. The van der Waals surface area contributed by atoms with Gasteiger partial charge in [-0.05, 0) is 33.0 Å². The van der Waals surface area contributed by atoms with E-state index in [4.69, 9.17) is 17.3 Å². The highest BCUT2D eigenvalue weighted by Crippen LogP contribution is 2.26. The maximum Gasteiger partial charge on any atom is 0.257 e. The molecule has 1 saturated heterocycles. The van der Waals surface area contributed by atoms with Gasteiger partial charge in [0.25, 0.3) is 5.91 Å². The Morgan fingerprint density at radius 1 is 1.37 bits per heavy atom. The number of carbonyl (C=O) groups excluding carboxylic acids is 1. The number of anilines is 1. The summed E-state index contributed by atoms with van der Waals surface area (Å²) >= 11 is 6.11. The molecule has 0 aromatic heterocycles. The Morgan fingerprint density at radius 3 is 2.63 bits per heavy atom. The smallest absolute Gasteiger partial charge is 0.257 e. The van der Waals surface area contributed by atoms with Crippen molar-refractivity contribution in [3.05, 3.63) is 28.8 Å². The molecule has 0 saturated carbocycles. The van der Waals surface area contributed by atoms with Gasteiger partial charge in [0.1, 0.15) is 0 Å². The van der Waals surface area contributed by atoms with Crippen LogP contribution in [0.1, 0.15) is 24.2 Å². The highest BCUT2D eigenvalue weighted by molar-refractivity contribution is 6.34. The maximum atomic E-state index is 12.6. The predicted molar refractivity (Wildman–Crippen MR) is 78.5 cm³/mol. The number of nitrogens with two attached hydrogens (primary N) is 1. The SMILES string of the molecule is CN1CCN(C(=O)c2c(N)cccc2Cl)CC1(C)C. The number of halogens is 1. The van der Waals surface area contributed by atoms with Crippen LogP contribution in [0, 0.1) is 0 Å². The molecular formula is C14H20ClN3O. The van der Waals surface area contributed by atoms with Crippen molar-refractivity contribution in [1.82, 2.24) is 9.80 Å². The van der Waals surface area contributed by atoms with Crippen LogP contribution in [-0.4, -0.2) is 47.9 Å². The number of likely N-dealkylation sites (N-methyl/N-ethyl adjacent to an activating group) is 1. The molecule has 0 unspecified atom stereocenters. The fourth-order valence-electron chi connectivity index (χ4n) is 2.34. The van der Waals surface area contributed by atoms with Gasteiger partial charge in [-0.3, -0.25) is 9.69 Å². The lowest BCUT2D eigenvalue weighted by Gasteiger charge is -2.45. The molecule has 0 aliphatic carbocycles. The summed E-state index contributed by atoms with van der Waals surface area (Å²) in [4.78, 5) is 16.7. The Morgan fingerprint density at radius 2 is 2.05 bits per heavy atom. The largest absolute Gasteiger partial charge is 0.398 e. The normalized spacial score (nSPS) is 19.5. The van der Waals surface area contributed by atoms with Crippen molar-refractivity contribution < 1.29 is 4.79 Å². The minimum Gasteiger partial charge on any atom is -0.398 e. The van der Waals surface area contributed by atoms with E-state index < -0.39 is 0 Å². The molecule has 0 atom stereocenters. The fraction of sp³-hybridized carbons (Fsp3) is 0.500. The third-order valence-corrected chi connectivity index (χ3v) is 4.18. The number of amides is 1. The fourth-order valence-corrected chi connectivity index (χ4v) is 2.60. The van der Waals surface area contributed by atoms with Crippen LogP contribution in [0.5, 0.6) is 0 Å². The molecule has 0 spiro atoms. The van der Waals surface area contributed by atoms with Crippen molar-refractivity contribution in [2.24, 2.45) is 0 Å². The van der Waals surface area contributed by atoms with Gasteiger partial charge in [0, 0.05) is 30.9 Å². The van der Waals surface area contributed by atoms with Gasteiger partial charge >= 0.3 is 0 Å². The lowest BCUT2D eigenvalue weighted by atomic mass is 9.99. The second kappa shape index (κ2) is 5.02. The van der Waals surface area contributed by atoms with Crippen molar-refractivity contribution in [3.8, 4) is 0 Å². The van der Waals surface area contributed by atoms with Crippen LogP contribution < -0.4 is 5.73 Å². The molecule has 2 rings (SSSR count). The van der Waals surface area contributed by atoms with Crippen LogP contribution >= 0.6 is 11.6 Å². The summed E-state index contributed by atoms with van der Waals surface area (Å²) in [5.41, 5.74) is 6.70. The molecule has 4 nitrogen and oxygen atoms in total. The van der Waals surface area contributed by atoms with Gasteiger partial charge in [-0.1, -0.05) is 17.7 Å². The summed E-state index contributed by atoms with van der Waals surface area (Å²) in [6.45, 7) is 6.48. The number of piperazine rings is 1.